The zero-order valence-corrected chi connectivity index (χ0v) is 14.2. The van der Waals surface area contributed by atoms with Crippen molar-refractivity contribution < 1.29 is 9.59 Å². The van der Waals surface area contributed by atoms with Gasteiger partial charge in [0.05, 0.1) is 21.9 Å². The molecule has 7 heteroatoms. The molecule has 3 rings (SSSR count). The van der Waals surface area contributed by atoms with Crippen molar-refractivity contribution in [1.29, 1.82) is 0 Å². The van der Waals surface area contributed by atoms with Crippen molar-refractivity contribution >= 4 is 40.7 Å². The number of nitrogens with one attached hydrogen (secondary N) is 1. The first-order valence-electron chi connectivity index (χ1n) is 7.53. The van der Waals surface area contributed by atoms with Gasteiger partial charge in [-0.3, -0.25) is 14.6 Å². The molecule has 1 aliphatic rings. The normalized spacial score (nSPS) is 16.9. The number of halogens is 2. The van der Waals surface area contributed by atoms with Gasteiger partial charge in [-0.15, -0.1) is 0 Å². The summed E-state index contributed by atoms with van der Waals surface area (Å²) in [5, 5.41) is 3.51. The zero-order valence-electron chi connectivity index (χ0n) is 12.7. The third-order valence-corrected chi connectivity index (χ3v) is 4.65. The molecular formula is C17H15Cl2N3O2. The molecule has 1 saturated heterocycles. The first-order valence-corrected chi connectivity index (χ1v) is 8.29. The molecule has 0 spiro atoms. The number of carbonyl (C=O) groups is 2. The van der Waals surface area contributed by atoms with E-state index in [2.05, 4.69) is 10.3 Å². The van der Waals surface area contributed by atoms with Crippen LogP contribution in [0.4, 0.5) is 5.69 Å². The van der Waals surface area contributed by atoms with Crippen molar-refractivity contribution in [2.75, 3.05) is 11.9 Å². The lowest BCUT2D eigenvalue weighted by Crippen LogP contribution is -2.43. The molecule has 0 radical (unpaired) electrons. The number of likely N-dealkylation sites (tertiary alicyclic amines) is 1. The number of hydrogen-bond donors (Lipinski definition) is 1. The van der Waals surface area contributed by atoms with E-state index in [1.807, 2.05) is 0 Å². The first-order chi connectivity index (χ1) is 11.6. The molecule has 2 amide bonds. The van der Waals surface area contributed by atoms with Crippen molar-refractivity contribution in [2.24, 2.45) is 0 Å². The number of aromatic nitrogens is 1. The highest BCUT2D eigenvalue weighted by Gasteiger charge is 2.34. The van der Waals surface area contributed by atoms with Crippen molar-refractivity contribution in [1.82, 2.24) is 9.88 Å². The molecular weight excluding hydrogens is 349 g/mol. The molecule has 1 aromatic carbocycles. The van der Waals surface area contributed by atoms with Crippen LogP contribution in [0.1, 0.15) is 23.2 Å². The maximum atomic E-state index is 12.7. The standard InChI is InChI=1S/C17H15Cl2N3O2/c18-13-6-5-11(9-14(13)19)17(24)22-8-2-4-15(22)16(23)21-12-3-1-7-20-10-12/h1,3,5-7,9-10,15H,2,4,8H2,(H,21,23)/t15-/m1/s1. The van der Waals surface area contributed by atoms with E-state index < -0.39 is 6.04 Å². The van der Waals surface area contributed by atoms with E-state index in [-0.39, 0.29) is 11.8 Å². The largest absolute Gasteiger partial charge is 0.327 e. The Hall–Kier alpha value is -2.11. The monoisotopic (exact) mass is 363 g/mol. The topological polar surface area (TPSA) is 62.3 Å². The Labute approximate surface area is 149 Å². The van der Waals surface area contributed by atoms with Crippen LogP contribution >= 0.6 is 23.2 Å². The van der Waals surface area contributed by atoms with Crippen molar-refractivity contribution in [2.45, 2.75) is 18.9 Å². The lowest BCUT2D eigenvalue weighted by atomic mass is 10.1. The van der Waals surface area contributed by atoms with Gasteiger partial charge in [0.2, 0.25) is 5.91 Å². The van der Waals surface area contributed by atoms with Crippen molar-refractivity contribution in [3.63, 3.8) is 0 Å². The van der Waals surface area contributed by atoms with Gasteiger partial charge in [0.1, 0.15) is 6.04 Å². The van der Waals surface area contributed by atoms with Gasteiger partial charge >= 0.3 is 0 Å². The molecule has 2 aromatic rings. The van der Waals surface area contributed by atoms with E-state index in [1.54, 1.807) is 41.6 Å². The highest BCUT2D eigenvalue weighted by molar-refractivity contribution is 6.42. The zero-order chi connectivity index (χ0) is 17.1. The lowest BCUT2D eigenvalue weighted by molar-refractivity contribution is -0.119. The molecule has 0 aliphatic carbocycles. The molecule has 0 bridgehead atoms. The number of anilines is 1. The van der Waals surface area contributed by atoms with Gasteiger partial charge in [0, 0.05) is 18.3 Å². The van der Waals surface area contributed by atoms with Crippen molar-refractivity contribution in [3.05, 3.63) is 58.3 Å². The van der Waals surface area contributed by atoms with Crippen LogP contribution < -0.4 is 5.32 Å². The number of amides is 2. The van der Waals surface area contributed by atoms with E-state index in [0.717, 1.165) is 6.42 Å². The first kappa shape index (κ1) is 16.7. The quantitative estimate of drug-likeness (QED) is 0.905. The minimum absolute atomic E-state index is 0.214. The summed E-state index contributed by atoms with van der Waals surface area (Å²) in [6, 6.07) is 7.71. The van der Waals surface area contributed by atoms with Gasteiger partial charge in [-0.25, -0.2) is 0 Å². The Morgan fingerprint density at radius 2 is 2.04 bits per heavy atom. The summed E-state index contributed by atoms with van der Waals surface area (Å²) in [6.07, 6.45) is 4.60. The molecule has 0 saturated carbocycles. The predicted octanol–water partition coefficient (Wildman–Crippen LogP) is 3.63. The van der Waals surface area contributed by atoms with E-state index >= 15 is 0 Å². The smallest absolute Gasteiger partial charge is 0.254 e. The fraction of sp³-hybridized carbons (Fsp3) is 0.235. The number of carbonyl (C=O) groups excluding carboxylic acids is 2. The SMILES string of the molecule is O=C(Nc1cccnc1)[C@H]1CCCN1C(=O)c1ccc(Cl)c(Cl)c1. The molecule has 5 nitrogen and oxygen atoms in total. The Morgan fingerprint density at radius 3 is 2.75 bits per heavy atom. The van der Waals surface area contributed by atoms with Crippen molar-refractivity contribution in [3.8, 4) is 0 Å². The summed E-state index contributed by atoms with van der Waals surface area (Å²) in [5.74, 6) is -0.439. The van der Waals surface area contributed by atoms with Gasteiger partial charge in [0.25, 0.3) is 5.91 Å². The Kier molecular flexibility index (Phi) is 5.02. The molecule has 2 heterocycles. The Balaban J connectivity index is 1.76. The highest BCUT2D eigenvalue weighted by atomic mass is 35.5. The summed E-state index contributed by atoms with van der Waals surface area (Å²) in [7, 11) is 0. The molecule has 24 heavy (non-hydrogen) atoms. The van der Waals surface area contributed by atoms with Crippen LogP contribution in [0.2, 0.25) is 10.0 Å². The molecule has 1 aromatic heterocycles. The summed E-state index contributed by atoms with van der Waals surface area (Å²) in [4.78, 5) is 30.7. The fourth-order valence-corrected chi connectivity index (χ4v) is 3.04. The highest BCUT2D eigenvalue weighted by Crippen LogP contribution is 2.26. The summed E-state index contributed by atoms with van der Waals surface area (Å²) >= 11 is 11.9. The van der Waals surface area contributed by atoms with Gasteiger partial charge < -0.3 is 10.2 Å². The van der Waals surface area contributed by atoms with Crippen LogP contribution in [-0.2, 0) is 4.79 Å². The van der Waals surface area contributed by atoms with Crippen LogP contribution in [0, 0.1) is 0 Å². The number of nitrogens with zero attached hydrogens (tertiary/aromatic N) is 2. The maximum absolute atomic E-state index is 12.7. The Morgan fingerprint density at radius 1 is 1.21 bits per heavy atom. The molecule has 1 N–H and O–H groups in total. The second-order valence-electron chi connectivity index (χ2n) is 5.52. The minimum atomic E-state index is -0.507. The number of hydrogen-bond acceptors (Lipinski definition) is 3. The second kappa shape index (κ2) is 7.20. The molecule has 124 valence electrons. The average Bonchev–Trinajstić information content (AvgIpc) is 3.07. The van der Waals surface area contributed by atoms with E-state index in [0.29, 0.717) is 34.3 Å². The number of rotatable bonds is 3. The second-order valence-corrected chi connectivity index (χ2v) is 6.33. The maximum Gasteiger partial charge on any atom is 0.254 e. The number of pyridine rings is 1. The number of benzene rings is 1. The van der Waals surface area contributed by atoms with Gasteiger partial charge in [-0.2, -0.15) is 0 Å². The summed E-state index contributed by atoms with van der Waals surface area (Å²) in [5.41, 5.74) is 1.03. The summed E-state index contributed by atoms with van der Waals surface area (Å²) < 4.78 is 0. The Bertz CT molecular complexity index is 768. The minimum Gasteiger partial charge on any atom is -0.327 e. The molecule has 1 atom stereocenters. The fourth-order valence-electron chi connectivity index (χ4n) is 2.74. The van der Waals surface area contributed by atoms with Gasteiger partial charge in [-0.05, 0) is 43.2 Å². The van der Waals surface area contributed by atoms with Crippen LogP contribution in [-0.4, -0.2) is 34.3 Å². The van der Waals surface area contributed by atoms with Crippen LogP contribution in [0.5, 0.6) is 0 Å². The summed E-state index contributed by atoms with van der Waals surface area (Å²) in [6.45, 7) is 0.532. The average molecular weight is 364 g/mol. The van der Waals surface area contributed by atoms with Gasteiger partial charge in [-0.1, -0.05) is 23.2 Å². The molecule has 0 unspecified atom stereocenters. The van der Waals surface area contributed by atoms with E-state index in [9.17, 15) is 9.59 Å². The third-order valence-electron chi connectivity index (χ3n) is 3.91. The van der Waals surface area contributed by atoms with Gasteiger partial charge in [0.15, 0.2) is 0 Å². The predicted molar refractivity (Wildman–Crippen MR) is 93.4 cm³/mol. The third kappa shape index (κ3) is 3.52. The van der Waals surface area contributed by atoms with Crippen LogP contribution in [0.3, 0.4) is 0 Å². The van der Waals surface area contributed by atoms with Crippen LogP contribution in [0.25, 0.3) is 0 Å². The lowest BCUT2D eigenvalue weighted by Gasteiger charge is -2.24. The van der Waals surface area contributed by atoms with E-state index in [1.165, 1.54) is 6.07 Å². The molecule has 1 fully saturated rings. The molecule has 1 aliphatic heterocycles. The van der Waals surface area contributed by atoms with Crippen LogP contribution in [0.15, 0.2) is 42.7 Å². The van der Waals surface area contributed by atoms with E-state index in [4.69, 9.17) is 23.2 Å².